The van der Waals surface area contributed by atoms with Gasteiger partial charge in [-0.3, -0.25) is 9.89 Å². The highest BCUT2D eigenvalue weighted by atomic mass is 32.1. The van der Waals surface area contributed by atoms with E-state index in [0.29, 0.717) is 18.8 Å². The maximum absolute atomic E-state index is 12.2. The first kappa shape index (κ1) is 17.1. The molecule has 7 nitrogen and oxygen atoms in total. The van der Waals surface area contributed by atoms with E-state index in [1.165, 1.54) is 11.5 Å². The fraction of sp³-hybridized carbons (Fsp3) is 0.294. The van der Waals surface area contributed by atoms with Crippen molar-refractivity contribution < 1.29 is 9.53 Å². The summed E-state index contributed by atoms with van der Waals surface area (Å²) in [6, 6.07) is 11.2. The van der Waals surface area contributed by atoms with E-state index in [1.807, 2.05) is 30.3 Å². The molecule has 3 rings (SSSR count). The van der Waals surface area contributed by atoms with E-state index in [9.17, 15) is 4.79 Å². The van der Waals surface area contributed by atoms with Gasteiger partial charge in [-0.1, -0.05) is 36.5 Å². The Bertz CT molecular complexity index is 828. The largest absolute Gasteiger partial charge is 0.487 e. The van der Waals surface area contributed by atoms with Crippen LogP contribution in [0.25, 0.3) is 0 Å². The molecule has 0 radical (unpaired) electrons. The van der Waals surface area contributed by atoms with Crippen LogP contribution in [0, 0.1) is 0 Å². The van der Waals surface area contributed by atoms with Crippen LogP contribution < -0.4 is 10.1 Å². The molecule has 2 aromatic heterocycles. The van der Waals surface area contributed by atoms with Crippen LogP contribution in [0.15, 0.2) is 36.4 Å². The maximum Gasteiger partial charge on any atom is 0.272 e. The molecule has 2 heterocycles. The number of rotatable bonds is 7. The average molecular weight is 357 g/mol. The number of aromatic amines is 1. The minimum atomic E-state index is -0.245. The molecule has 25 heavy (non-hydrogen) atoms. The zero-order valence-electron chi connectivity index (χ0n) is 14.0. The van der Waals surface area contributed by atoms with Crippen LogP contribution in [0.5, 0.6) is 5.75 Å². The van der Waals surface area contributed by atoms with Crippen molar-refractivity contribution in [3.05, 3.63) is 58.4 Å². The summed E-state index contributed by atoms with van der Waals surface area (Å²) in [5.41, 5.74) is 1.98. The SMILES string of the molecule is CC(C)c1nnsc1CNC(=O)c1cc(COc2ccccc2)[nH]n1. The van der Waals surface area contributed by atoms with Crippen molar-refractivity contribution >= 4 is 17.4 Å². The Labute approximate surface area is 149 Å². The van der Waals surface area contributed by atoms with E-state index in [4.69, 9.17) is 4.74 Å². The van der Waals surface area contributed by atoms with Gasteiger partial charge in [-0.05, 0) is 35.6 Å². The molecule has 0 fully saturated rings. The molecule has 130 valence electrons. The monoisotopic (exact) mass is 357 g/mol. The van der Waals surface area contributed by atoms with Crippen molar-refractivity contribution in [2.75, 3.05) is 0 Å². The highest BCUT2D eigenvalue weighted by molar-refractivity contribution is 7.05. The molecule has 1 aromatic carbocycles. The van der Waals surface area contributed by atoms with Crippen molar-refractivity contribution in [2.24, 2.45) is 0 Å². The van der Waals surface area contributed by atoms with Crippen LogP contribution in [0.3, 0.4) is 0 Å². The molecule has 0 bridgehead atoms. The van der Waals surface area contributed by atoms with Crippen LogP contribution in [-0.4, -0.2) is 25.7 Å². The first-order chi connectivity index (χ1) is 12.1. The fourth-order valence-corrected chi connectivity index (χ4v) is 2.99. The number of ether oxygens (including phenoxy) is 1. The molecule has 0 saturated carbocycles. The minimum absolute atomic E-state index is 0.245. The molecule has 1 amide bonds. The Morgan fingerprint density at radius 2 is 2.12 bits per heavy atom. The molecule has 0 aliphatic heterocycles. The Morgan fingerprint density at radius 3 is 2.88 bits per heavy atom. The summed E-state index contributed by atoms with van der Waals surface area (Å²) in [6.07, 6.45) is 0. The smallest absolute Gasteiger partial charge is 0.272 e. The van der Waals surface area contributed by atoms with Crippen molar-refractivity contribution in [3.8, 4) is 5.75 Å². The molecule has 0 aliphatic rings. The third kappa shape index (κ3) is 4.42. The summed E-state index contributed by atoms with van der Waals surface area (Å²) in [5, 5.41) is 13.8. The lowest BCUT2D eigenvalue weighted by molar-refractivity contribution is 0.0946. The zero-order chi connectivity index (χ0) is 17.6. The van der Waals surface area contributed by atoms with Crippen LogP contribution in [0.2, 0.25) is 0 Å². The molecule has 0 aliphatic carbocycles. The number of H-pyrrole nitrogens is 1. The number of hydrogen-bond donors (Lipinski definition) is 2. The standard InChI is InChI=1S/C17H19N5O2S/c1-11(2)16-15(25-22-21-16)9-18-17(23)14-8-12(19-20-14)10-24-13-6-4-3-5-7-13/h3-8,11H,9-10H2,1-2H3,(H,18,23)(H,19,20). The zero-order valence-corrected chi connectivity index (χ0v) is 14.8. The average Bonchev–Trinajstić information content (AvgIpc) is 3.28. The predicted octanol–water partition coefficient (Wildman–Crippen LogP) is 2.89. The fourth-order valence-electron chi connectivity index (χ4n) is 2.26. The summed E-state index contributed by atoms with van der Waals surface area (Å²) in [7, 11) is 0. The van der Waals surface area contributed by atoms with Crippen LogP contribution in [-0.2, 0) is 13.2 Å². The van der Waals surface area contributed by atoms with Crippen LogP contribution >= 0.6 is 11.5 Å². The number of hydrogen-bond acceptors (Lipinski definition) is 6. The molecule has 3 aromatic rings. The second-order valence-electron chi connectivity index (χ2n) is 5.80. The van der Waals surface area contributed by atoms with Crippen molar-refractivity contribution in [3.63, 3.8) is 0 Å². The summed E-state index contributed by atoms with van der Waals surface area (Å²) < 4.78 is 9.58. The van der Waals surface area contributed by atoms with Gasteiger partial charge in [0, 0.05) is 0 Å². The number of benzene rings is 1. The Morgan fingerprint density at radius 1 is 1.32 bits per heavy atom. The Kier molecular flexibility index (Phi) is 5.39. The van der Waals surface area contributed by atoms with Crippen LogP contribution in [0.1, 0.15) is 46.5 Å². The molecule has 0 unspecified atom stereocenters. The van der Waals surface area contributed by atoms with Gasteiger partial charge in [-0.25, -0.2) is 0 Å². The van der Waals surface area contributed by atoms with Gasteiger partial charge in [0.1, 0.15) is 18.1 Å². The van der Waals surface area contributed by atoms with E-state index in [1.54, 1.807) is 6.07 Å². The molecule has 8 heteroatoms. The lowest BCUT2D eigenvalue weighted by atomic mass is 10.1. The number of nitrogens with zero attached hydrogens (tertiary/aromatic N) is 3. The molecule has 0 saturated heterocycles. The summed E-state index contributed by atoms with van der Waals surface area (Å²) >= 11 is 1.30. The van der Waals surface area contributed by atoms with Gasteiger partial charge >= 0.3 is 0 Å². The molecular weight excluding hydrogens is 338 g/mol. The van der Waals surface area contributed by atoms with E-state index in [2.05, 4.69) is 38.9 Å². The molecule has 0 spiro atoms. The highest BCUT2D eigenvalue weighted by Gasteiger charge is 2.15. The van der Waals surface area contributed by atoms with E-state index in [-0.39, 0.29) is 11.8 Å². The third-order valence-electron chi connectivity index (χ3n) is 3.54. The van der Waals surface area contributed by atoms with E-state index < -0.39 is 0 Å². The molecular formula is C17H19N5O2S. The maximum atomic E-state index is 12.2. The quantitative estimate of drug-likeness (QED) is 0.678. The third-order valence-corrected chi connectivity index (χ3v) is 4.28. The van der Waals surface area contributed by atoms with Gasteiger partial charge in [0.25, 0.3) is 5.91 Å². The number of carbonyl (C=O) groups excluding carboxylic acids is 1. The normalized spacial score (nSPS) is 10.8. The highest BCUT2D eigenvalue weighted by Crippen LogP contribution is 2.19. The number of carbonyl (C=O) groups is 1. The second-order valence-corrected chi connectivity index (χ2v) is 6.64. The number of para-hydroxylation sites is 1. The van der Waals surface area contributed by atoms with Gasteiger partial charge in [-0.15, -0.1) is 5.10 Å². The van der Waals surface area contributed by atoms with Gasteiger partial charge in [0.15, 0.2) is 0 Å². The van der Waals surface area contributed by atoms with Gasteiger partial charge in [0.05, 0.1) is 22.8 Å². The van der Waals surface area contributed by atoms with Gasteiger partial charge < -0.3 is 10.1 Å². The topological polar surface area (TPSA) is 92.8 Å². The summed E-state index contributed by atoms with van der Waals surface area (Å²) in [5.74, 6) is 0.796. The van der Waals surface area contributed by atoms with E-state index >= 15 is 0 Å². The first-order valence-corrected chi connectivity index (χ1v) is 8.72. The first-order valence-electron chi connectivity index (χ1n) is 7.95. The Hall–Kier alpha value is -2.74. The van der Waals surface area contributed by atoms with Crippen LogP contribution in [0.4, 0.5) is 0 Å². The number of aromatic nitrogens is 4. The Balaban J connectivity index is 1.54. The minimum Gasteiger partial charge on any atom is -0.487 e. The van der Waals surface area contributed by atoms with Crippen molar-refractivity contribution in [1.82, 2.24) is 25.1 Å². The number of nitrogens with one attached hydrogen (secondary N) is 2. The second kappa shape index (κ2) is 7.89. The van der Waals surface area contributed by atoms with E-state index in [0.717, 1.165) is 22.0 Å². The van der Waals surface area contributed by atoms with Crippen molar-refractivity contribution in [1.29, 1.82) is 0 Å². The summed E-state index contributed by atoms with van der Waals surface area (Å²) in [4.78, 5) is 13.2. The number of amides is 1. The van der Waals surface area contributed by atoms with Gasteiger partial charge in [-0.2, -0.15) is 5.10 Å². The molecule has 2 N–H and O–H groups in total. The van der Waals surface area contributed by atoms with Gasteiger partial charge in [0.2, 0.25) is 0 Å². The lowest BCUT2D eigenvalue weighted by Gasteiger charge is -2.05. The lowest BCUT2D eigenvalue weighted by Crippen LogP contribution is -2.23. The predicted molar refractivity (Wildman–Crippen MR) is 94.5 cm³/mol. The summed E-state index contributed by atoms with van der Waals surface area (Å²) in [6.45, 7) is 4.82. The van der Waals surface area contributed by atoms with Crippen molar-refractivity contribution in [2.45, 2.75) is 32.9 Å². The molecule has 0 atom stereocenters.